The predicted molar refractivity (Wildman–Crippen MR) is 122 cm³/mol. The van der Waals surface area contributed by atoms with E-state index in [1.807, 2.05) is 6.07 Å². The van der Waals surface area contributed by atoms with E-state index in [9.17, 15) is 18.0 Å². The molecule has 33 heavy (non-hydrogen) atoms. The molecule has 1 aromatic rings. The molecule has 5 heteroatoms. The summed E-state index contributed by atoms with van der Waals surface area (Å²) < 4.78 is 42.0. The maximum absolute atomic E-state index is 13.2. The number of rotatable bonds is 4. The van der Waals surface area contributed by atoms with Crippen LogP contribution < -0.4 is 21.2 Å². The monoisotopic (exact) mass is 571 g/mol. The van der Waals surface area contributed by atoms with Gasteiger partial charge in [-0.2, -0.15) is 0 Å². The van der Waals surface area contributed by atoms with Crippen LogP contribution in [0.2, 0.25) is 0 Å². The predicted octanol–water partition coefficient (Wildman–Crippen LogP) is 4.64. The number of benzene rings is 1. The molecule has 2 saturated carbocycles. The molecule has 1 aromatic carbocycles. The van der Waals surface area contributed by atoms with Gasteiger partial charge in [-0.15, -0.1) is 0 Å². The third kappa shape index (κ3) is 5.43. The standard InChI is InChI=1S/C28H35F3IO/c1-4-23-17(2)14-25-26(33)15-18(3)27(25)24(23)11-10-22-9-8-19(12-13-32-22)20-6-5-7-21(16-20)28(29,30)31/h5-7,9-11,16-19,23-25,27H,4,8,12-15H2,1-3H3/q-1/b11-10+/t17-,18-,19?,23+,24-,25-,27-/m0/s1. The molecule has 7 atom stereocenters. The van der Waals surface area contributed by atoms with Crippen molar-refractivity contribution < 1.29 is 39.2 Å². The zero-order valence-electron chi connectivity index (χ0n) is 19.7. The van der Waals surface area contributed by atoms with Crippen molar-refractivity contribution >= 4 is 5.78 Å². The number of Topliss-reactive ketones (excluding diaryl/α,β-unsaturated/α-hetero) is 1. The third-order valence-corrected chi connectivity index (χ3v) is 11.1. The Kier molecular flexibility index (Phi) is 7.76. The van der Waals surface area contributed by atoms with E-state index in [-0.39, 0.29) is 33.0 Å². The quantitative estimate of drug-likeness (QED) is 0.381. The molecule has 0 N–H and O–H groups in total. The Bertz CT molecular complexity index is 918. The van der Waals surface area contributed by atoms with Crippen LogP contribution in [-0.4, -0.2) is 10.2 Å². The van der Waals surface area contributed by atoms with E-state index in [0.717, 1.165) is 48.2 Å². The Morgan fingerprint density at radius 1 is 1.18 bits per heavy atom. The van der Waals surface area contributed by atoms with Gasteiger partial charge in [-0.1, -0.05) is 0 Å². The van der Waals surface area contributed by atoms with Gasteiger partial charge >= 0.3 is 207 Å². The van der Waals surface area contributed by atoms with E-state index in [1.54, 1.807) is 0 Å². The summed E-state index contributed by atoms with van der Waals surface area (Å²) in [6.45, 7) is 6.85. The van der Waals surface area contributed by atoms with Crippen molar-refractivity contribution in [2.75, 3.05) is 4.43 Å². The van der Waals surface area contributed by atoms with Crippen LogP contribution >= 0.6 is 0 Å². The Morgan fingerprint density at radius 2 is 1.97 bits per heavy atom. The van der Waals surface area contributed by atoms with Crippen molar-refractivity contribution in [2.24, 2.45) is 35.5 Å². The Balaban J connectivity index is 1.51. The first-order valence-corrected chi connectivity index (χ1v) is 15.0. The molecule has 0 aromatic heterocycles. The van der Waals surface area contributed by atoms with Gasteiger partial charge in [0.15, 0.2) is 0 Å². The van der Waals surface area contributed by atoms with Gasteiger partial charge < -0.3 is 0 Å². The summed E-state index contributed by atoms with van der Waals surface area (Å²) in [7, 11) is 0. The van der Waals surface area contributed by atoms with E-state index in [1.165, 1.54) is 15.7 Å². The fourth-order valence-corrected chi connectivity index (χ4v) is 9.36. The van der Waals surface area contributed by atoms with Crippen molar-refractivity contribution in [1.29, 1.82) is 0 Å². The Labute approximate surface area is 206 Å². The van der Waals surface area contributed by atoms with Crippen molar-refractivity contribution in [1.82, 2.24) is 0 Å². The normalized spacial score (nSPS) is 35.6. The first-order valence-electron chi connectivity index (χ1n) is 12.4. The molecule has 0 bridgehead atoms. The Hall–Kier alpha value is -1.11. The number of ketones is 1. The number of carbonyl (C=O) groups is 1. The molecule has 1 aliphatic heterocycles. The van der Waals surface area contributed by atoms with E-state index in [0.29, 0.717) is 35.4 Å². The molecule has 2 fully saturated rings. The van der Waals surface area contributed by atoms with Crippen LogP contribution in [0.3, 0.4) is 0 Å². The van der Waals surface area contributed by atoms with Crippen molar-refractivity contribution in [3.05, 3.63) is 57.2 Å². The summed E-state index contributed by atoms with van der Waals surface area (Å²) in [6, 6.07) is 5.89. The van der Waals surface area contributed by atoms with E-state index in [4.69, 9.17) is 0 Å². The summed E-state index contributed by atoms with van der Waals surface area (Å²) in [4.78, 5) is 12.6. The number of fused-ring (bicyclic) bond motifs is 1. The van der Waals surface area contributed by atoms with E-state index >= 15 is 0 Å². The number of allylic oxidation sites excluding steroid dienone is 4. The number of hydrogen-bond donors (Lipinski definition) is 0. The van der Waals surface area contributed by atoms with Crippen LogP contribution in [0.4, 0.5) is 13.2 Å². The second kappa shape index (κ2) is 10.2. The van der Waals surface area contributed by atoms with Crippen molar-refractivity contribution in [2.45, 2.75) is 65.0 Å². The van der Waals surface area contributed by atoms with Gasteiger partial charge in [-0.3, -0.25) is 0 Å². The van der Waals surface area contributed by atoms with Crippen molar-refractivity contribution in [3.63, 3.8) is 0 Å². The first kappa shape index (κ1) is 25.0. The minimum atomic E-state index is -4.29. The van der Waals surface area contributed by atoms with E-state index < -0.39 is 11.7 Å². The molecule has 0 radical (unpaired) electrons. The summed E-state index contributed by atoms with van der Waals surface area (Å²) in [5.41, 5.74) is 0.262. The molecule has 3 aliphatic rings. The minimum absolute atomic E-state index is 0.138. The van der Waals surface area contributed by atoms with E-state index in [2.05, 4.69) is 39.0 Å². The van der Waals surface area contributed by atoms with Crippen LogP contribution in [0, 0.1) is 35.5 Å². The number of alkyl halides is 4. The van der Waals surface area contributed by atoms with Crippen LogP contribution in [0.25, 0.3) is 0 Å². The van der Waals surface area contributed by atoms with Crippen LogP contribution in [0.5, 0.6) is 0 Å². The summed E-state index contributed by atoms with van der Waals surface area (Å²) in [5.74, 6) is 3.44. The second-order valence-electron chi connectivity index (χ2n) is 10.3. The molecule has 4 rings (SSSR count). The van der Waals surface area contributed by atoms with Gasteiger partial charge in [0, 0.05) is 0 Å². The Morgan fingerprint density at radius 3 is 2.70 bits per heavy atom. The second-order valence-corrected chi connectivity index (χ2v) is 13.4. The molecular formula is C28H35F3IO-. The van der Waals surface area contributed by atoms with Crippen molar-refractivity contribution in [3.8, 4) is 0 Å². The molecule has 0 spiro atoms. The zero-order valence-corrected chi connectivity index (χ0v) is 21.9. The molecule has 0 saturated heterocycles. The van der Waals surface area contributed by atoms with Gasteiger partial charge in [0.25, 0.3) is 0 Å². The molecule has 0 amide bonds. The number of hydrogen-bond acceptors (Lipinski definition) is 1. The zero-order chi connectivity index (χ0) is 23.8. The van der Waals surface area contributed by atoms with Gasteiger partial charge in [0.2, 0.25) is 0 Å². The molecule has 1 nitrogen and oxygen atoms in total. The molecule has 182 valence electrons. The molecule has 1 heterocycles. The average molecular weight is 571 g/mol. The first-order chi connectivity index (χ1) is 15.7. The number of halogens is 4. The SMILES string of the molecule is CC[C@H]1[C@H](/C=C/C2=CCC(c3cccc(C(F)(F)F)c3)CC[I-]2)[C@@H]2[C@@H](C)CC(=O)[C@@H]2C[C@@H]1C. The fourth-order valence-electron chi connectivity index (χ4n) is 6.65. The van der Waals surface area contributed by atoms with Crippen LogP contribution in [0.1, 0.15) is 69.9 Å². The summed E-state index contributed by atoms with van der Waals surface area (Å²) in [5, 5.41) is 0. The van der Waals surface area contributed by atoms with Crippen LogP contribution in [-0.2, 0) is 11.0 Å². The maximum atomic E-state index is 13.2. The van der Waals surface area contributed by atoms with Gasteiger partial charge in [0.1, 0.15) is 0 Å². The van der Waals surface area contributed by atoms with Gasteiger partial charge in [-0.05, 0) is 0 Å². The molecule has 1 unspecified atom stereocenters. The average Bonchev–Trinajstić information content (AvgIpc) is 2.93. The molecular weight excluding hydrogens is 536 g/mol. The third-order valence-electron chi connectivity index (χ3n) is 8.29. The van der Waals surface area contributed by atoms with Gasteiger partial charge in [-0.25, -0.2) is 0 Å². The van der Waals surface area contributed by atoms with Gasteiger partial charge in [0.05, 0.1) is 0 Å². The summed E-state index contributed by atoms with van der Waals surface area (Å²) in [6.07, 6.45) is 7.44. The summed E-state index contributed by atoms with van der Waals surface area (Å²) >= 11 is -0.138. The van der Waals surface area contributed by atoms with Crippen LogP contribution in [0.15, 0.2) is 46.1 Å². The topological polar surface area (TPSA) is 17.1 Å². The molecule has 2 aliphatic carbocycles. The fraction of sp³-hybridized carbons (Fsp3) is 0.607. The number of carbonyl (C=O) groups excluding carboxylic acids is 1.